The Hall–Kier alpha value is -4.95. The highest BCUT2D eigenvalue weighted by Gasteiger charge is 2.38. The number of aryl methyl sites for hydroxylation is 1. The summed E-state index contributed by atoms with van der Waals surface area (Å²) in [5, 5.41) is 15.6. The minimum absolute atomic E-state index is 0.0866. The Kier molecular flexibility index (Phi) is 11.8. The molecule has 15 heteroatoms. The summed E-state index contributed by atoms with van der Waals surface area (Å²) in [5.74, 6) is -2.10. The van der Waals surface area contributed by atoms with Crippen molar-refractivity contribution in [3.8, 4) is 5.75 Å². The summed E-state index contributed by atoms with van der Waals surface area (Å²) in [7, 11) is 0. The summed E-state index contributed by atoms with van der Waals surface area (Å²) in [4.78, 5) is 86.4. The van der Waals surface area contributed by atoms with Crippen LogP contribution in [0.15, 0.2) is 24.3 Å². The van der Waals surface area contributed by atoms with Gasteiger partial charge in [-0.15, -0.1) is 0 Å². The lowest BCUT2D eigenvalue weighted by atomic mass is 10.1. The first-order valence-electron chi connectivity index (χ1n) is 17.3. The number of pyridine rings is 1. The van der Waals surface area contributed by atoms with Crippen molar-refractivity contribution in [2.75, 3.05) is 45.9 Å². The van der Waals surface area contributed by atoms with Gasteiger partial charge in [-0.05, 0) is 76.5 Å². The zero-order chi connectivity index (χ0) is 35.9. The third-order valence-corrected chi connectivity index (χ3v) is 9.28. The molecule has 50 heavy (non-hydrogen) atoms. The van der Waals surface area contributed by atoms with E-state index in [1.165, 1.54) is 15.9 Å². The van der Waals surface area contributed by atoms with E-state index in [9.17, 15) is 33.9 Å². The quantitative estimate of drug-likeness (QED) is 0.280. The van der Waals surface area contributed by atoms with Crippen molar-refractivity contribution >= 4 is 46.6 Å². The number of aromatic nitrogens is 1. The van der Waals surface area contributed by atoms with E-state index < -0.39 is 42.1 Å². The number of nitrogens with zero attached hydrogens (tertiary/aromatic N) is 4. The van der Waals surface area contributed by atoms with Crippen molar-refractivity contribution in [3.05, 3.63) is 35.5 Å². The molecule has 0 bridgehead atoms. The van der Waals surface area contributed by atoms with Crippen LogP contribution in [0.2, 0.25) is 0 Å². The van der Waals surface area contributed by atoms with Crippen LogP contribution in [0.4, 0.5) is 4.79 Å². The maximum absolute atomic E-state index is 13.7. The number of carboxylic acids is 1. The Morgan fingerprint density at radius 2 is 1.70 bits per heavy atom. The lowest BCUT2D eigenvalue weighted by Gasteiger charge is -2.35. The summed E-state index contributed by atoms with van der Waals surface area (Å²) in [6.07, 6.45) is 1.48. The van der Waals surface area contributed by atoms with Crippen molar-refractivity contribution in [2.45, 2.75) is 77.5 Å². The molecule has 1 aliphatic carbocycles. The molecule has 15 nitrogen and oxygen atoms in total. The van der Waals surface area contributed by atoms with Crippen molar-refractivity contribution in [1.82, 2.24) is 30.3 Å². The zero-order valence-corrected chi connectivity index (χ0v) is 28.8. The first kappa shape index (κ1) is 36.3. The maximum atomic E-state index is 13.7. The summed E-state index contributed by atoms with van der Waals surface area (Å²) in [6.45, 7) is 7.29. The average Bonchev–Trinajstić information content (AvgIpc) is 3.80. The van der Waals surface area contributed by atoms with Crippen LogP contribution in [0.25, 0.3) is 10.9 Å². The molecule has 2 saturated heterocycles. The fraction of sp³-hybridized carbons (Fsp3) is 0.571. The van der Waals surface area contributed by atoms with E-state index in [2.05, 4.69) is 15.6 Å². The van der Waals surface area contributed by atoms with Gasteiger partial charge in [0.2, 0.25) is 11.8 Å². The predicted octanol–water partition coefficient (Wildman–Crippen LogP) is 2.09. The number of benzene rings is 1. The van der Waals surface area contributed by atoms with Crippen molar-refractivity contribution in [1.29, 1.82) is 0 Å². The number of hydrogen-bond acceptors (Lipinski definition) is 9. The third kappa shape index (κ3) is 8.98. The smallest absolute Gasteiger partial charge is 0.409 e. The highest BCUT2D eigenvalue weighted by Crippen LogP contribution is 2.30. The number of amides is 5. The monoisotopic (exact) mass is 694 g/mol. The van der Waals surface area contributed by atoms with Crippen LogP contribution >= 0.6 is 0 Å². The van der Waals surface area contributed by atoms with Crippen LogP contribution in [0.5, 0.6) is 5.75 Å². The van der Waals surface area contributed by atoms with Gasteiger partial charge in [-0.3, -0.25) is 24.0 Å². The first-order valence-corrected chi connectivity index (χ1v) is 17.3. The fourth-order valence-corrected chi connectivity index (χ4v) is 6.28. The summed E-state index contributed by atoms with van der Waals surface area (Å²) in [6, 6.07) is 5.06. The molecule has 3 aliphatic rings. The molecule has 3 N–H and O–H groups in total. The first-order chi connectivity index (χ1) is 23.9. The third-order valence-electron chi connectivity index (χ3n) is 9.28. The molecular weight excluding hydrogens is 648 g/mol. The number of ether oxygens (including phenoxy) is 2. The van der Waals surface area contributed by atoms with Gasteiger partial charge in [0.25, 0.3) is 11.8 Å². The SMILES string of the molecule is CCOC(=O)N1CCN(C(=O)C(CCC(=O)O)NC(=O)c2cc(O[C@H](C)C(=O)N3CCCC3C(=O)NCC3CC3)c3ccc(C)cc3n2)CC1. The molecule has 2 aromatic rings. The van der Waals surface area contributed by atoms with Gasteiger partial charge in [-0.1, -0.05) is 6.07 Å². The number of carbonyl (C=O) groups excluding carboxylic acids is 5. The number of likely N-dealkylation sites (tertiary alicyclic amines) is 1. The Balaban J connectivity index is 1.32. The molecule has 1 saturated carbocycles. The van der Waals surface area contributed by atoms with Crippen LogP contribution < -0.4 is 15.4 Å². The standard InChI is InChI=1S/C35H46N6O9/c1-4-49-35(48)40-16-14-39(15-17-40)34(47)25(11-12-30(42)43)38-31(44)27-19-29(24-10-7-21(2)18-26(24)37-27)50-22(3)33(46)41-13-5-6-28(41)32(45)36-20-23-8-9-23/h7,10,18-19,22-23,25,28H,4-6,8-9,11-17,20H2,1-3H3,(H,36,45)(H,38,44)(H,42,43)/t22-,25?,28?/m1/s1. The Bertz CT molecular complexity index is 1620. The van der Waals surface area contributed by atoms with Gasteiger partial charge in [-0.2, -0.15) is 0 Å². The lowest BCUT2D eigenvalue weighted by molar-refractivity contribution is -0.143. The normalized spacial score (nSPS) is 18.7. The number of nitrogens with one attached hydrogen (secondary N) is 2. The van der Waals surface area contributed by atoms with E-state index in [1.54, 1.807) is 30.9 Å². The number of fused-ring (bicyclic) bond motifs is 1. The molecule has 5 rings (SSSR count). The zero-order valence-electron chi connectivity index (χ0n) is 28.8. The van der Waals surface area contributed by atoms with Gasteiger partial charge in [0.1, 0.15) is 23.5 Å². The Morgan fingerprint density at radius 1 is 0.980 bits per heavy atom. The lowest BCUT2D eigenvalue weighted by Crippen LogP contribution is -2.56. The predicted molar refractivity (Wildman–Crippen MR) is 180 cm³/mol. The molecule has 5 amide bonds. The number of piperazine rings is 1. The molecule has 0 spiro atoms. The second kappa shape index (κ2) is 16.2. The van der Waals surface area contributed by atoms with Crippen LogP contribution in [-0.4, -0.2) is 125 Å². The van der Waals surface area contributed by atoms with E-state index >= 15 is 0 Å². The highest BCUT2D eigenvalue weighted by atomic mass is 16.6. The van der Waals surface area contributed by atoms with E-state index in [4.69, 9.17) is 9.47 Å². The average molecular weight is 695 g/mol. The van der Waals surface area contributed by atoms with E-state index in [1.807, 2.05) is 13.0 Å². The van der Waals surface area contributed by atoms with Crippen LogP contribution in [0.1, 0.15) is 68.4 Å². The van der Waals surface area contributed by atoms with Gasteiger partial charge in [0.05, 0.1) is 12.1 Å². The minimum atomic E-state index is -1.18. The van der Waals surface area contributed by atoms with Gasteiger partial charge in [0.15, 0.2) is 6.10 Å². The topological polar surface area (TPSA) is 188 Å². The van der Waals surface area contributed by atoms with Gasteiger partial charge in [-0.25, -0.2) is 9.78 Å². The molecule has 2 unspecified atom stereocenters. The van der Waals surface area contributed by atoms with Crippen molar-refractivity contribution in [3.63, 3.8) is 0 Å². The summed E-state index contributed by atoms with van der Waals surface area (Å²) in [5.41, 5.74) is 1.21. The summed E-state index contributed by atoms with van der Waals surface area (Å²) >= 11 is 0. The number of carboxylic acid groups (broad SMARTS) is 1. The molecule has 1 aromatic heterocycles. The molecule has 3 heterocycles. The van der Waals surface area contributed by atoms with Crippen LogP contribution in [-0.2, 0) is 23.9 Å². The van der Waals surface area contributed by atoms with Crippen LogP contribution in [0.3, 0.4) is 0 Å². The fourth-order valence-electron chi connectivity index (χ4n) is 6.28. The van der Waals surface area contributed by atoms with Gasteiger partial charge >= 0.3 is 12.1 Å². The molecule has 3 fully saturated rings. The maximum Gasteiger partial charge on any atom is 0.409 e. The van der Waals surface area contributed by atoms with Crippen molar-refractivity contribution < 1.29 is 43.3 Å². The Morgan fingerprint density at radius 3 is 2.38 bits per heavy atom. The highest BCUT2D eigenvalue weighted by molar-refractivity contribution is 6.00. The van der Waals surface area contributed by atoms with E-state index in [0.717, 1.165) is 18.4 Å². The second-order valence-corrected chi connectivity index (χ2v) is 13.1. The van der Waals surface area contributed by atoms with Gasteiger partial charge in [0, 0.05) is 57.1 Å². The summed E-state index contributed by atoms with van der Waals surface area (Å²) < 4.78 is 11.2. The largest absolute Gasteiger partial charge is 0.481 e. The molecule has 270 valence electrons. The van der Waals surface area contributed by atoms with Crippen LogP contribution in [0, 0.1) is 12.8 Å². The molecule has 1 aromatic carbocycles. The number of aliphatic carboxylic acids is 1. The molecular formula is C35H46N6O9. The van der Waals surface area contributed by atoms with E-state index in [0.29, 0.717) is 42.8 Å². The minimum Gasteiger partial charge on any atom is -0.481 e. The van der Waals surface area contributed by atoms with Crippen molar-refractivity contribution in [2.24, 2.45) is 5.92 Å². The molecule has 2 aliphatic heterocycles. The van der Waals surface area contributed by atoms with E-state index in [-0.39, 0.29) is 68.9 Å². The Labute approximate surface area is 290 Å². The van der Waals surface area contributed by atoms with Gasteiger partial charge < -0.3 is 39.9 Å². The number of rotatable bonds is 13. The number of carbonyl (C=O) groups is 6. The number of hydrogen-bond donors (Lipinski definition) is 3. The molecule has 0 radical (unpaired) electrons. The molecule has 3 atom stereocenters. The second-order valence-electron chi connectivity index (χ2n) is 13.1.